The Balaban J connectivity index is 0.00000131. The number of aliphatic hydroxyl groups is 2. The molecule has 5 heterocycles. The van der Waals surface area contributed by atoms with Crippen molar-refractivity contribution in [2.75, 3.05) is 76.7 Å². The van der Waals surface area contributed by atoms with Crippen molar-refractivity contribution >= 4 is 100 Å². The zero-order chi connectivity index (χ0) is 52.4. The number of fused-ring (bicyclic) bond motifs is 2. The van der Waals surface area contributed by atoms with E-state index in [1.54, 1.807) is 16.5 Å². The molecule has 20 heteroatoms. The summed E-state index contributed by atoms with van der Waals surface area (Å²) >= 11 is 9.63. The Morgan fingerprint density at radius 1 is 0.958 bits per heavy atom. The second-order valence-corrected chi connectivity index (χ2v) is 20.0. The van der Waals surface area contributed by atoms with Crippen molar-refractivity contribution in [3.05, 3.63) is 93.7 Å². The van der Waals surface area contributed by atoms with E-state index in [9.17, 15) is 24.0 Å². The number of aromatic nitrogens is 4. The molecule has 0 spiro atoms. The third kappa shape index (κ3) is 13.6. The van der Waals surface area contributed by atoms with Crippen LogP contribution in [-0.4, -0.2) is 145 Å². The Kier molecular flexibility index (Phi) is 22.1. The van der Waals surface area contributed by atoms with Crippen LogP contribution in [0, 0.1) is 0 Å². The van der Waals surface area contributed by atoms with E-state index >= 15 is 0 Å². The Bertz CT molecular complexity index is 2750. The number of piperidine rings is 2. The van der Waals surface area contributed by atoms with Crippen LogP contribution in [0.3, 0.4) is 0 Å². The van der Waals surface area contributed by atoms with Crippen LogP contribution in [0.4, 0.5) is 17.2 Å². The van der Waals surface area contributed by atoms with Crippen LogP contribution in [-0.2, 0) is 20.1 Å². The Morgan fingerprint density at radius 2 is 1.69 bits per heavy atom. The number of carbonyl (C=O) groups excluding carboxylic acids is 5. The molecule has 6 aromatic rings. The normalized spacial score (nSPS) is 15.9. The maximum atomic E-state index is 12.3. The number of anilines is 3. The summed E-state index contributed by atoms with van der Waals surface area (Å²) in [6.45, 7) is 6.82. The first-order valence-electron chi connectivity index (χ1n) is 23.6. The van der Waals surface area contributed by atoms with E-state index in [0.717, 1.165) is 118 Å². The first-order chi connectivity index (χ1) is 35.0. The molecule has 2 unspecified atom stereocenters. The molecule has 0 aliphatic carbocycles. The number of aldehydes is 5. The predicted molar refractivity (Wildman–Crippen MR) is 290 cm³/mol. The van der Waals surface area contributed by atoms with Crippen molar-refractivity contribution in [2.24, 2.45) is 0 Å². The van der Waals surface area contributed by atoms with E-state index in [1.807, 2.05) is 80.9 Å². The number of benzene rings is 3. The maximum Gasteiger partial charge on any atom is 0.252 e. The predicted octanol–water partition coefficient (Wildman–Crippen LogP) is 7.78. The van der Waals surface area contributed by atoms with Gasteiger partial charge < -0.3 is 45.0 Å². The standard InChI is InChI=1S/C48H51ClN8O6S2.C2H7N.2CH4O/c1-48(2)24-35(51-34-9-4-7-32(23-34)46-44(49)45(63-22-21-59)41(29-62)65-46)16-19-57(48)64-30-36-25-50-56-26-42(53-47(56)52-36)55-17-14-31(15-18-55)38-12-13-40(54(3)37(28-61)10-6-20-58)43-33(27-60)8-5-11-39(38)43;1-3-2;2*1-2/h4-5,7-9,11-13,20-21,23,25-29,31,35,37,51H,6,10,14-19,22,24,30H2,1-3H3;3H,1-2H3;2*2H,1H3. The molecule has 0 bridgehead atoms. The number of likely N-dealkylation sites (N-methyl/N-ethyl adjacent to an activating group) is 1. The van der Waals surface area contributed by atoms with Crippen molar-refractivity contribution in [3.63, 3.8) is 0 Å². The third-order valence-corrected chi connectivity index (χ3v) is 15.6. The van der Waals surface area contributed by atoms with Gasteiger partial charge in [0.2, 0.25) is 0 Å². The minimum Gasteiger partial charge on any atom is -0.483 e. The first-order valence-corrected chi connectivity index (χ1v) is 25.8. The smallest absolute Gasteiger partial charge is 0.252 e. The lowest BCUT2D eigenvalue weighted by Crippen LogP contribution is -2.49. The zero-order valence-electron chi connectivity index (χ0n) is 41.9. The van der Waals surface area contributed by atoms with Crippen molar-refractivity contribution in [1.82, 2.24) is 29.2 Å². The molecule has 0 radical (unpaired) electrons. The number of ether oxygens (including phenoxy) is 1. The Morgan fingerprint density at radius 3 is 2.36 bits per heavy atom. The van der Waals surface area contributed by atoms with Gasteiger partial charge in [-0.25, -0.2) is 13.8 Å². The second kappa shape index (κ2) is 27.9. The molecule has 17 nitrogen and oxygen atoms in total. The summed E-state index contributed by atoms with van der Waals surface area (Å²) in [5, 5.41) is 27.3. The van der Waals surface area contributed by atoms with Gasteiger partial charge in [-0.2, -0.15) is 10.1 Å². The average molecular weight is 1040 g/mol. The minimum absolute atomic E-state index is 0.109. The monoisotopic (exact) mass is 1040 g/mol. The van der Waals surface area contributed by atoms with Gasteiger partial charge in [0.25, 0.3) is 5.78 Å². The van der Waals surface area contributed by atoms with E-state index in [-0.39, 0.29) is 36.3 Å². The number of rotatable bonds is 19. The molecular weight excluding hydrogens is 978 g/mol. The molecular formula is C52H66ClN9O8S2. The lowest BCUT2D eigenvalue weighted by molar-refractivity contribution is -0.110. The molecule has 4 N–H and O–H groups in total. The van der Waals surface area contributed by atoms with E-state index in [2.05, 4.69) is 45.8 Å². The van der Waals surface area contributed by atoms with Gasteiger partial charge in [0.15, 0.2) is 30.4 Å². The number of halogens is 1. The second-order valence-electron chi connectivity index (χ2n) is 17.6. The molecule has 0 saturated carbocycles. The number of imidazole rings is 1. The lowest BCUT2D eigenvalue weighted by Gasteiger charge is -2.45. The molecule has 8 rings (SSSR count). The van der Waals surface area contributed by atoms with Crippen molar-refractivity contribution in [1.29, 1.82) is 0 Å². The molecule has 72 heavy (non-hydrogen) atoms. The van der Waals surface area contributed by atoms with Gasteiger partial charge in [-0.3, -0.25) is 14.4 Å². The molecule has 3 aromatic carbocycles. The van der Waals surface area contributed by atoms with Gasteiger partial charge in [0.05, 0.1) is 34.8 Å². The number of nitrogens with one attached hydrogen (secondary N) is 2. The number of carbonyl (C=O) groups is 5. The topological polar surface area (TPSA) is 212 Å². The molecule has 386 valence electrons. The Labute approximate surface area is 434 Å². The van der Waals surface area contributed by atoms with E-state index in [4.69, 9.17) is 41.6 Å². The van der Waals surface area contributed by atoms with Crippen LogP contribution in [0.5, 0.6) is 5.75 Å². The highest BCUT2D eigenvalue weighted by Crippen LogP contribution is 2.46. The van der Waals surface area contributed by atoms with Crippen LogP contribution >= 0.6 is 34.9 Å². The lowest BCUT2D eigenvalue weighted by atomic mass is 9.85. The average Bonchev–Trinajstić information content (AvgIpc) is 3.98. The van der Waals surface area contributed by atoms with Gasteiger partial charge in [-0.1, -0.05) is 59.9 Å². The molecule has 3 aromatic heterocycles. The highest BCUT2D eigenvalue weighted by atomic mass is 35.5. The van der Waals surface area contributed by atoms with Crippen molar-refractivity contribution in [3.8, 4) is 16.2 Å². The fraction of sp³-hybridized carbons (Fsp3) is 0.423. The van der Waals surface area contributed by atoms with Crippen LogP contribution in [0.15, 0.2) is 67.0 Å². The third-order valence-electron chi connectivity index (χ3n) is 12.5. The number of aliphatic hydroxyl groups excluding tert-OH is 2. The summed E-state index contributed by atoms with van der Waals surface area (Å²) < 4.78 is 9.64. The molecule has 2 atom stereocenters. The van der Waals surface area contributed by atoms with Gasteiger partial charge in [0, 0.05) is 81.2 Å². The summed E-state index contributed by atoms with van der Waals surface area (Å²) in [5.41, 5.74) is 5.12. The summed E-state index contributed by atoms with van der Waals surface area (Å²) in [4.78, 5) is 73.0. The summed E-state index contributed by atoms with van der Waals surface area (Å²) in [6, 6.07) is 17.7. The summed E-state index contributed by atoms with van der Waals surface area (Å²) in [7, 11) is 7.59. The van der Waals surface area contributed by atoms with Gasteiger partial charge in [-0.05, 0) is 101 Å². The quantitative estimate of drug-likeness (QED) is 0.0450. The minimum atomic E-state index is -0.480. The van der Waals surface area contributed by atoms with Crippen LogP contribution in [0.1, 0.15) is 89.6 Å². The first kappa shape index (κ1) is 57.1. The van der Waals surface area contributed by atoms with Crippen molar-refractivity contribution < 1.29 is 38.9 Å². The largest absolute Gasteiger partial charge is 0.483 e. The number of hydrogen-bond acceptors (Lipinski definition) is 18. The van der Waals surface area contributed by atoms with Crippen LogP contribution < -0.4 is 25.2 Å². The molecule has 2 fully saturated rings. The van der Waals surface area contributed by atoms with Gasteiger partial charge in [0.1, 0.15) is 29.1 Å². The summed E-state index contributed by atoms with van der Waals surface area (Å²) in [6.07, 6.45) is 12.0. The van der Waals surface area contributed by atoms with E-state index in [0.29, 0.717) is 50.9 Å². The molecule has 2 aliphatic heterocycles. The zero-order valence-corrected chi connectivity index (χ0v) is 44.3. The number of nitrogens with zero attached hydrogens (tertiary/aromatic N) is 7. The number of hydrogen-bond donors (Lipinski definition) is 4. The van der Waals surface area contributed by atoms with Crippen LogP contribution in [0.25, 0.3) is 27.0 Å². The molecule has 0 amide bonds. The molecule has 2 saturated heterocycles. The molecule has 2 aliphatic rings. The SMILES string of the molecule is CN(c1ccc(C2CCN(c3cn4ncc(CSN5CCC(Nc6cccc(-c7sc(C=O)c(OCC=O)c7Cl)c6)CC5(C)C)nc4n3)CC2)c2cccc(C=O)c12)C(C=O)CCC=O.CNC.CO.CO. The van der Waals surface area contributed by atoms with Gasteiger partial charge in [-0.15, -0.1) is 11.3 Å². The maximum absolute atomic E-state index is 12.3. The van der Waals surface area contributed by atoms with E-state index in [1.165, 1.54) is 16.9 Å². The van der Waals surface area contributed by atoms with Crippen LogP contribution in [0.2, 0.25) is 5.02 Å². The van der Waals surface area contributed by atoms with Gasteiger partial charge >= 0.3 is 0 Å². The highest BCUT2D eigenvalue weighted by Gasteiger charge is 2.36. The van der Waals surface area contributed by atoms with E-state index < -0.39 is 6.04 Å². The fourth-order valence-corrected chi connectivity index (χ4v) is 11.7. The highest BCUT2D eigenvalue weighted by molar-refractivity contribution is 7.96. The summed E-state index contributed by atoms with van der Waals surface area (Å²) in [5.74, 6) is 2.57. The number of thiophene rings is 1. The fourth-order valence-electron chi connectivity index (χ4n) is 9.20. The van der Waals surface area contributed by atoms with Crippen molar-refractivity contribution in [2.45, 2.75) is 81.7 Å². The Hall–Kier alpha value is -5.80.